The normalized spacial score (nSPS) is 26.4. The van der Waals surface area contributed by atoms with Gasteiger partial charge in [-0.15, -0.1) is 0 Å². The Hall–Kier alpha value is -2.00. The van der Waals surface area contributed by atoms with E-state index in [4.69, 9.17) is 0 Å². The van der Waals surface area contributed by atoms with Crippen molar-refractivity contribution in [2.45, 2.75) is 104 Å². The van der Waals surface area contributed by atoms with Crippen LogP contribution in [0.2, 0.25) is 0 Å². The molecule has 31 heavy (non-hydrogen) atoms. The van der Waals surface area contributed by atoms with Gasteiger partial charge < -0.3 is 15.3 Å². The van der Waals surface area contributed by atoms with Crippen LogP contribution in [-0.4, -0.2) is 29.3 Å². The number of hydrogen-bond acceptors (Lipinski definition) is 3. The zero-order chi connectivity index (χ0) is 22.3. The first-order chi connectivity index (χ1) is 14.8. The number of aryl methyl sites for hydroxylation is 6. The van der Waals surface area contributed by atoms with E-state index in [1.165, 1.54) is 64.0 Å². The van der Waals surface area contributed by atoms with Crippen LogP contribution in [0.4, 0.5) is 11.4 Å². The summed E-state index contributed by atoms with van der Waals surface area (Å²) in [6.07, 6.45) is 7.23. The highest BCUT2D eigenvalue weighted by molar-refractivity contribution is 5.67. The molecule has 1 heterocycles. The third-order valence-electron chi connectivity index (χ3n) is 7.45. The smallest absolute Gasteiger partial charge is 0.0741 e. The number of aliphatic hydroxyl groups excluding tert-OH is 1. The molecule has 2 unspecified atom stereocenters. The Morgan fingerprint density at radius 3 is 1.71 bits per heavy atom. The number of aliphatic hydroxyl groups is 1. The fraction of sp³-hybridized carbons (Fsp3) is 0.571. The number of benzene rings is 2. The molecule has 0 amide bonds. The average Bonchev–Trinajstić information content (AvgIpc) is 3.02. The summed E-state index contributed by atoms with van der Waals surface area (Å²) in [5.41, 5.74) is 10.9. The van der Waals surface area contributed by atoms with Crippen LogP contribution in [-0.2, 0) is 0 Å². The molecule has 0 aromatic heterocycles. The molecule has 2 aromatic carbocycles. The number of rotatable bonds is 3. The van der Waals surface area contributed by atoms with Gasteiger partial charge in [0.25, 0.3) is 0 Å². The molecule has 0 spiro atoms. The van der Waals surface area contributed by atoms with Gasteiger partial charge in [0, 0.05) is 30.6 Å². The SMILES string of the molecule is Cc1cc(C)c(N2C3CCCC32)c(C)c1.Cc1cc(C)c(N[C@H]2CCC[C@@H]2O)c(C)c1.[HH].[HH].[HH].[HH].[HH]. The average molecular weight is 431 g/mol. The van der Waals surface area contributed by atoms with Crippen molar-refractivity contribution in [3.8, 4) is 0 Å². The highest BCUT2D eigenvalue weighted by atomic mass is 16.3. The maximum Gasteiger partial charge on any atom is 0.0741 e. The van der Waals surface area contributed by atoms with E-state index in [1.807, 2.05) is 0 Å². The Bertz CT molecular complexity index is 915. The fourth-order valence-corrected chi connectivity index (χ4v) is 6.15. The van der Waals surface area contributed by atoms with E-state index in [0.29, 0.717) is 0 Å². The molecular weight excluding hydrogens is 380 g/mol. The maximum absolute atomic E-state index is 9.82. The molecule has 3 fully saturated rings. The van der Waals surface area contributed by atoms with Gasteiger partial charge in [-0.2, -0.15) is 0 Å². The fourth-order valence-electron chi connectivity index (χ4n) is 6.15. The minimum Gasteiger partial charge on any atom is -0.391 e. The van der Waals surface area contributed by atoms with Crippen molar-refractivity contribution >= 4 is 11.4 Å². The van der Waals surface area contributed by atoms with Gasteiger partial charge in [-0.1, -0.05) is 35.4 Å². The first-order valence-electron chi connectivity index (χ1n) is 12.1. The second kappa shape index (κ2) is 8.86. The molecule has 4 atom stereocenters. The molecule has 2 saturated carbocycles. The van der Waals surface area contributed by atoms with Gasteiger partial charge in [-0.3, -0.25) is 0 Å². The van der Waals surface area contributed by atoms with Gasteiger partial charge in [0.15, 0.2) is 0 Å². The molecular formula is C28H50N2O. The monoisotopic (exact) mass is 430 g/mol. The first-order valence-corrected chi connectivity index (χ1v) is 12.1. The number of nitrogens with one attached hydrogen (secondary N) is 1. The molecule has 0 radical (unpaired) electrons. The number of piperidine rings is 1. The standard InChI is InChI=1S/C14H21NO.C14H19N.5H2/c1-9-7-10(2)14(11(3)8-9)15-12-5-4-6-13(12)16;1-9-7-10(2)14(11(3)8-9)15-12-5-4-6-13(12)15;;;;;/h7-8,12-13,15-16H,4-6H2,1-3H3;7-8,12-13H,4-6H2,1-3H3;5*1H/t12-,13-;;;;;;/m0....../s1. The molecule has 0 bridgehead atoms. The first kappa shape index (κ1) is 22.2. The van der Waals surface area contributed by atoms with Crippen molar-refractivity contribution in [1.29, 1.82) is 0 Å². The van der Waals surface area contributed by atoms with Crippen molar-refractivity contribution in [3.63, 3.8) is 0 Å². The van der Waals surface area contributed by atoms with Gasteiger partial charge in [-0.25, -0.2) is 0 Å². The Morgan fingerprint density at radius 2 is 1.23 bits per heavy atom. The van der Waals surface area contributed by atoms with Gasteiger partial charge in [-0.05, 0) is 102 Å². The van der Waals surface area contributed by atoms with Gasteiger partial charge in [0.05, 0.1) is 12.1 Å². The molecule has 3 heteroatoms. The highest BCUT2D eigenvalue weighted by Gasteiger charge is 2.51. The lowest BCUT2D eigenvalue weighted by molar-refractivity contribution is 0.172. The van der Waals surface area contributed by atoms with Crippen LogP contribution in [0.1, 0.15) is 79.0 Å². The van der Waals surface area contributed by atoms with E-state index < -0.39 is 0 Å². The van der Waals surface area contributed by atoms with E-state index in [0.717, 1.165) is 31.3 Å². The molecule has 3 aliphatic rings. The van der Waals surface area contributed by atoms with E-state index in [2.05, 4.69) is 76.0 Å². The Labute approximate surface area is 196 Å². The predicted octanol–water partition coefficient (Wildman–Crippen LogP) is 7.52. The molecule has 1 saturated heterocycles. The van der Waals surface area contributed by atoms with Gasteiger partial charge in [0.1, 0.15) is 0 Å². The molecule has 5 rings (SSSR count). The van der Waals surface area contributed by atoms with E-state index >= 15 is 0 Å². The molecule has 2 aromatic rings. The second-order valence-corrected chi connectivity index (χ2v) is 10.2. The topological polar surface area (TPSA) is 35.3 Å². The minimum absolute atomic E-state index is 0. The number of anilines is 2. The molecule has 178 valence electrons. The number of fused-ring (bicyclic) bond motifs is 1. The van der Waals surface area contributed by atoms with E-state index in [-0.39, 0.29) is 19.3 Å². The third kappa shape index (κ3) is 4.62. The lowest BCUT2D eigenvalue weighted by atomic mass is 10.0. The largest absolute Gasteiger partial charge is 0.391 e. The van der Waals surface area contributed by atoms with Crippen LogP contribution >= 0.6 is 0 Å². The zero-order valence-corrected chi connectivity index (χ0v) is 20.3. The zero-order valence-electron chi connectivity index (χ0n) is 20.3. The molecule has 1 aliphatic heterocycles. The Morgan fingerprint density at radius 1 is 0.742 bits per heavy atom. The summed E-state index contributed by atoms with van der Waals surface area (Å²) >= 11 is 0. The van der Waals surface area contributed by atoms with Crippen molar-refractivity contribution in [3.05, 3.63) is 57.6 Å². The summed E-state index contributed by atoms with van der Waals surface area (Å²) in [6.45, 7) is 13.1. The van der Waals surface area contributed by atoms with Crippen LogP contribution in [0.25, 0.3) is 0 Å². The third-order valence-corrected chi connectivity index (χ3v) is 7.45. The van der Waals surface area contributed by atoms with Crippen molar-refractivity contribution in [2.24, 2.45) is 0 Å². The van der Waals surface area contributed by atoms with Gasteiger partial charge in [0.2, 0.25) is 0 Å². The van der Waals surface area contributed by atoms with Crippen LogP contribution in [0, 0.1) is 41.5 Å². The van der Waals surface area contributed by atoms with Crippen LogP contribution in [0.5, 0.6) is 0 Å². The number of hydrogen-bond donors (Lipinski definition) is 2. The van der Waals surface area contributed by atoms with E-state index in [9.17, 15) is 5.11 Å². The van der Waals surface area contributed by atoms with Crippen LogP contribution in [0.15, 0.2) is 24.3 Å². The summed E-state index contributed by atoms with van der Waals surface area (Å²) in [5.74, 6) is 0. The lowest BCUT2D eigenvalue weighted by Crippen LogP contribution is -2.28. The Kier molecular flexibility index (Phi) is 6.35. The quantitative estimate of drug-likeness (QED) is 0.494. The van der Waals surface area contributed by atoms with Crippen molar-refractivity contribution in [1.82, 2.24) is 0 Å². The summed E-state index contributed by atoms with van der Waals surface area (Å²) in [6, 6.07) is 11.0. The summed E-state index contributed by atoms with van der Waals surface area (Å²) in [4.78, 5) is 2.65. The second-order valence-electron chi connectivity index (χ2n) is 10.2. The van der Waals surface area contributed by atoms with Gasteiger partial charge >= 0.3 is 0 Å². The minimum atomic E-state index is -0.180. The Balaban J connectivity index is 0. The summed E-state index contributed by atoms with van der Waals surface area (Å²) in [7, 11) is 0. The lowest BCUT2D eigenvalue weighted by Gasteiger charge is -2.21. The van der Waals surface area contributed by atoms with Crippen LogP contribution < -0.4 is 10.2 Å². The van der Waals surface area contributed by atoms with E-state index in [1.54, 1.807) is 0 Å². The summed E-state index contributed by atoms with van der Waals surface area (Å²) in [5, 5.41) is 13.3. The van der Waals surface area contributed by atoms with Crippen LogP contribution in [0.3, 0.4) is 0 Å². The number of nitrogens with zero attached hydrogens (tertiary/aromatic N) is 1. The molecule has 2 N–H and O–H groups in total. The highest BCUT2D eigenvalue weighted by Crippen LogP contribution is 2.48. The molecule has 2 aliphatic carbocycles. The predicted molar refractivity (Wildman–Crippen MR) is 143 cm³/mol. The molecule has 3 nitrogen and oxygen atoms in total. The summed E-state index contributed by atoms with van der Waals surface area (Å²) < 4.78 is 0. The van der Waals surface area contributed by atoms with Crippen molar-refractivity contribution < 1.29 is 12.2 Å². The van der Waals surface area contributed by atoms with Crippen molar-refractivity contribution in [2.75, 3.05) is 10.2 Å². The maximum atomic E-state index is 9.82.